The molecule has 0 radical (unpaired) electrons. The van der Waals surface area contributed by atoms with E-state index in [-0.39, 0.29) is 18.1 Å². The Balaban J connectivity index is 1.52. The molecule has 2 aromatic rings. The molecule has 4 nitrogen and oxygen atoms in total. The van der Waals surface area contributed by atoms with Crippen LogP contribution in [0.25, 0.3) is 11.1 Å². The Kier molecular flexibility index (Phi) is 5.59. The first-order valence-electron chi connectivity index (χ1n) is 8.64. The quantitative estimate of drug-likeness (QED) is 0.877. The number of amides is 1. The number of aromatic nitrogens is 1. The third kappa shape index (κ3) is 4.42. The van der Waals surface area contributed by atoms with E-state index in [4.69, 9.17) is 4.74 Å². The normalized spacial score (nSPS) is 18.3. The average Bonchev–Trinajstić information content (AvgIpc) is 3.14. The summed E-state index contributed by atoms with van der Waals surface area (Å²) in [5.74, 6) is 0.0920. The first-order valence-corrected chi connectivity index (χ1v) is 8.64. The SMILES string of the molecule is C[C@@H](NC(=O)CC[C@@H]1CCCO1)c1ccc(-c2cccnc2)cc1. The fourth-order valence-corrected chi connectivity index (χ4v) is 3.06. The van der Waals surface area contributed by atoms with E-state index >= 15 is 0 Å². The highest BCUT2D eigenvalue weighted by atomic mass is 16.5. The monoisotopic (exact) mass is 324 g/mol. The lowest BCUT2D eigenvalue weighted by Crippen LogP contribution is -2.27. The molecule has 0 aliphatic carbocycles. The van der Waals surface area contributed by atoms with Crippen LogP contribution in [0, 0.1) is 0 Å². The number of hydrogen-bond acceptors (Lipinski definition) is 3. The van der Waals surface area contributed by atoms with Crippen LogP contribution in [-0.2, 0) is 9.53 Å². The lowest BCUT2D eigenvalue weighted by atomic mass is 10.0. The second kappa shape index (κ2) is 8.06. The molecule has 0 spiro atoms. The number of carbonyl (C=O) groups excluding carboxylic acids is 1. The Morgan fingerprint density at radius 1 is 1.29 bits per heavy atom. The van der Waals surface area contributed by atoms with Gasteiger partial charge in [0, 0.05) is 25.4 Å². The summed E-state index contributed by atoms with van der Waals surface area (Å²) in [6.45, 7) is 2.86. The number of ether oxygens (including phenoxy) is 1. The molecule has 1 amide bonds. The first kappa shape index (κ1) is 16.7. The minimum atomic E-state index is 0.00458. The number of carbonyl (C=O) groups is 1. The summed E-state index contributed by atoms with van der Waals surface area (Å²) in [4.78, 5) is 16.2. The highest BCUT2D eigenvalue weighted by Crippen LogP contribution is 2.21. The molecular formula is C20H24N2O2. The van der Waals surface area contributed by atoms with Gasteiger partial charge in [0.05, 0.1) is 12.1 Å². The van der Waals surface area contributed by atoms with Crippen LogP contribution in [0.1, 0.15) is 44.2 Å². The van der Waals surface area contributed by atoms with Gasteiger partial charge in [0.1, 0.15) is 0 Å². The molecule has 0 bridgehead atoms. The summed E-state index contributed by atoms with van der Waals surface area (Å²) in [6.07, 6.45) is 7.44. The minimum Gasteiger partial charge on any atom is -0.378 e. The maximum absolute atomic E-state index is 12.1. The van der Waals surface area contributed by atoms with Crippen molar-refractivity contribution in [3.05, 3.63) is 54.4 Å². The van der Waals surface area contributed by atoms with Crippen LogP contribution >= 0.6 is 0 Å². The fraction of sp³-hybridized carbons (Fsp3) is 0.400. The van der Waals surface area contributed by atoms with Gasteiger partial charge in [0.2, 0.25) is 5.91 Å². The maximum atomic E-state index is 12.1. The number of hydrogen-bond donors (Lipinski definition) is 1. The predicted molar refractivity (Wildman–Crippen MR) is 94.4 cm³/mol. The van der Waals surface area contributed by atoms with Crippen molar-refractivity contribution in [2.24, 2.45) is 0 Å². The summed E-state index contributed by atoms with van der Waals surface area (Å²) >= 11 is 0. The van der Waals surface area contributed by atoms with Crippen molar-refractivity contribution in [2.45, 2.75) is 44.8 Å². The molecule has 2 heterocycles. The van der Waals surface area contributed by atoms with Gasteiger partial charge in [-0.3, -0.25) is 9.78 Å². The van der Waals surface area contributed by atoms with E-state index in [0.29, 0.717) is 6.42 Å². The molecule has 1 fully saturated rings. The van der Waals surface area contributed by atoms with Gasteiger partial charge in [-0.15, -0.1) is 0 Å². The minimum absolute atomic E-state index is 0.00458. The van der Waals surface area contributed by atoms with Gasteiger partial charge >= 0.3 is 0 Å². The van der Waals surface area contributed by atoms with Gasteiger partial charge in [-0.1, -0.05) is 30.3 Å². The molecule has 2 atom stereocenters. The van der Waals surface area contributed by atoms with Crippen molar-refractivity contribution >= 4 is 5.91 Å². The largest absolute Gasteiger partial charge is 0.378 e. The Labute approximate surface area is 143 Å². The van der Waals surface area contributed by atoms with Crippen LogP contribution in [0.4, 0.5) is 0 Å². The Hall–Kier alpha value is -2.20. The molecule has 1 aliphatic rings. The lowest BCUT2D eigenvalue weighted by Gasteiger charge is -2.16. The van der Waals surface area contributed by atoms with E-state index in [1.54, 1.807) is 6.20 Å². The zero-order valence-corrected chi connectivity index (χ0v) is 14.1. The van der Waals surface area contributed by atoms with Crippen LogP contribution in [-0.4, -0.2) is 23.6 Å². The second-order valence-electron chi connectivity index (χ2n) is 6.33. The van der Waals surface area contributed by atoms with Crippen LogP contribution in [0.5, 0.6) is 0 Å². The van der Waals surface area contributed by atoms with Gasteiger partial charge in [0.15, 0.2) is 0 Å². The van der Waals surface area contributed by atoms with Crippen molar-refractivity contribution in [1.82, 2.24) is 10.3 Å². The molecule has 24 heavy (non-hydrogen) atoms. The van der Waals surface area contributed by atoms with E-state index < -0.39 is 0 Å². The van der Waals surface area contributed by atoms with Gasteiger partial charge in [-0.2, -0.15) is 0 Å². The highest BCUT2D eigenvalue weighted by Gasteiger charge is 2.17. The Bertz CT molecular complexity index is 649. The van der Waals surface area contributed by atoms with Crippen molar-refractivity contribution < 1.29 is 9.53 Å². The van der Waals surface area contributed by atoms with Crippen LogP contribution in [0.15, 0.2) is 48.8 Å². The molecule has 3 rings (SSSR count). The van der Waals surface area contributed by atoms with E-state index in [1.807, 2.05) is 25.3 Å². The van der Waals surface area contributed by atoms with E-state index in [0.717, 1.165) is 42.6 Å². The van der Waals surface area contributed by atoms with Gasteiger partial charge < -0.3 is 10.1 Å². The van der Waals surface area contributed by atoms with Crippen molar-refractivity contribution in [3.63, 3.8) is 0 Å². The molecule has 1 N–H and O–H groups in total. The number of rotatable bonds is 6. The van der Waals surface area contributed by atoms with Crippen molar-refractivity contribution in [3.8, 4) is 11.1 Å². The zero-order valence-electron chi connectivity index (χ0n) is 14.1. The van der Waals surface area contributed by atoms with Crippen molar-refractivity contribution in [2.75, 3.05) is 6.61 Å². The standard InChI is InChI=1S/C20H24N2O2/c1-15(22-20(23)11-10-19-5-3-13-24-19)16-6-8-17(9-7-16)18-4-2-12-21-14-18/h2,4,6-9,12,14-15,19H,3,5,10-11,13H2,1H3,(H,22,23)/t15-,19+/m1/s1. The van der Waals surface area contributed by atoms with Crippen LogP contribution < -0.4 is 5.32 Å². The van der Waals surface area contributed by atoms with Gasteiger partial charge in [-0.05, 0) is 48.9 Å². The van der Waals surface area contributed by atoms with Gasteiger partial charge in [0.25, 0.3) is 0 Å². The highest BCUT2D eigenvalue weighted by molar-refractivity contribution is 5.76. The smallest absolute Gasteiger partial charge is 0.220 e. The van der Waals surface area contributed by atoms with Crippen LogP contribution in [0.2, 0.25) is 0 Å². The third-order valence-electron chi connectivity index (χ3n) is 4.50. The molecule has 126 valence electrons. The molecule has 1 aromatic heterocycles. The summed E-state index contributed by atoms with van der Waals surface area (Å²) < 4.78 is 5.56. The summed E-state index contributed by atoms with van der Waals surface area (Å²) in [6, 6.07) is 12.2. The summed E-state index contributed by atoms with van der Waals surface area (Å²) in [5, 5.41) is 3.07. The molecule has 4 heteroatoms. The maximum Gasteiger partial charge on any atom is 0.220 e. The van der Waals surface area contributed by atoms with E-state index in [2.05, 4.69) is 34.6 Å². The molecular weight excluding hydrogens is 300 g/mol. The molecule has 0 saturated carbocycles. The van der Waals surface area contributed by atoms with E-state index in [1.165, 1.54) is 0 Å². The predicted octanol–water partition coefficient (Wildman–Crippen LogP) is 3.89. The van der Waals surface area contributed by atoms with E-state index in [9.17, 15) is 4.79 Å². The van der Waals surface area contributed by atoms with Crippen molar-refractivity contribution in [1.29, 1.82) is 0 Å². The number of benzene rings is 1. The number of nitrogens with one attached hydrogen (secondary N) is 1. The number of nitrogens with zero attached hydrogens (tertiary/aromatic N) is 1. The van der Waals surface area contributed by atoms with Gasteiger partial charge in [-0.25, -0.2) is 0 Å². The molecule has 1 aromatic carbocycles. The topological polar surface area (TPSA) is 51.2 Å². The zero-order chi connectivity index (χ0) is 16.8. The molecule has 0 unspecified atom stereocenters. The number of pyridine rings is 1. The molecule has 1 saturated heterocycles. The summed E-state index contributed by atoms with van der Waals surface area (Å²) in [7, 11) is 0. The lowest BCUT2D eigenvalue weighted by molar-refractivity contribution is -0.122. The summed E-state index contributed by atoms with van der Waals surface area (Å²) in [5.41, 5.74) is 3.33. The molecule has 1 aliphatic heterocycles. The second-order valence-corrected chi connectivity index (χ2v) is 6.33. The Morgan fingerprint density at radius 2 is 2.12 bits per heavy atom. The Morgan fingerprint density at radius 3 is 2.79 bits per heavy atom. The third-order valence-corrected chi connectivity index (χ3v) is 4.50. The first-order chi connectivity index (χ1) is 11.7. The fourth-order valence-electron chi connectivity index (χ4n) is 3.06. The van der Waals surface area contributed by atoms with Crippen LogP contribution in [0.3, 0.4) is 0 Å². The average molecular weight is 324 g/mol.